The maximum absolute atomic E-state index is 11.7. The Hall–Kier alpha value is -2.05. The summed E-state index contributed by atoms with van der Waals surface area (Å²) in [4.78, 5) is 22.3. The fourth-order valence-corrected chi connectivity index (χ4v) is 2.34. The van der Waals surface area contributed by atoms with Gasteiger partial charge in [0.15, 0.2) is 0 Å². The van der Waals surface area contributed by atoms with Crippen LogP contribution >= 0.6 is 23.6 Å². The number of hydrogen-bond donors (Lipinski definition) is 0. The van der Waals surface area contributed by atoms with E-state index in [4.69, 9.17) is 15.8 Å². The van der Waals surface area contributed by atoms with Crippen molar-refractivity contribution in [2.24, 2.45) is 0 Å². The fourth-order valence-electron chi connectivity index (χ4n) is 1.59. The first-order valence-corrected chi connectivity index (χ1v) is 7.03. The summed E-state index contributed by atoms with van der Waals surface area (Å²) in [5.41, 5.74) is 0.619. The SMILES string of the molecule is O=C(Cc1ccccc1)OSc1ccc(Cl)cc1[N+](=O)[O-]. The van der Waals surface area contributed by atoms with Gasteiger partial charge in [0.2, 0.25) is 0 Å². The zero-order valence-electron chi connectivity index (χ0n) is 10.7. The Balaban J connectivity index is 2.00. The third kappa shape index (κ3) is 4.47. The number of benzene rings is 2. The molecule has 108 valence electrons. The predicted octanol–water partition coefficient (Wildman–Crippen LogP) is 4.04. The maximum Gasteiger partial charge on any atom is 0.322 e. The smallest absolute Gasteiger partial charge is 0.322 e. The Morgan fingerprint density at radius 2 is 1.95 bits per heavy atom. The second-order valence-electron chi connectivity index (χ2n) is 4.07. The maximum atomic E-state index is 11.7. The van der Waals surface area contributed by atoms with E-state index in [0.29, 0.717) is 12.0 Å². The predicted molar refractivity (Wildman–Crippen MR) is 80.2 cm³/mol. The van der Waals surface area contributed by atoms with Crippen molar-refractivity contribution >= 4 is 35.3 Å². The molecule has 2 aromatic carbocycles. The molecule has 0 spiro atoms. The van der Waals surface area contributed by atoms with E-state index in [0.717, 1.165) is 5.56 Å². The number of carbonyl (C=O) groups excluding carboxylic acids is 1. The van der Waals surface area contributed by atoms with Gasteiger partial charge in [-0.25, -0.2) is 0 Å². The Morgan fingerprint density at radius 3 is 2.62 bits per heavy atom. The van der Waals surface area contributed by atoms with Crippen LogP contribution < -0.4 is 0 Å². The Kier molecular flexibility index (Phi) is 5.19. The van der Waals surface area contributed by atoms with Gasteiger partial charge in [0.1, 0.15) is 16.9 Å². The minimum atomic E-state index is -0.570. The first-order chi connectivity index (χ1) is 10.1. The number of hydrogen-bond acceptors (Lipinski definition) is 5. The van der Waals surface area contributed by atoms with Crippen molar-refractivity contribution in [2.45, 2.75) is 11.3 Å². The lowest BCUT2D eigenvalue weighted by atomic mass is 10.2. The molecule has 2 rings (SSSR count). The molecule has 0 radical (unpaired) electrons. The molecule has 5 nitrogen and oxygen atoms in total. The first-order valence-electron chi connectivity index (χ1n) is 5.91. The van der Waals surface area contributed by atoms with Crippen LogP contribution in [0.4, 0.5) is 5.69 Å². The van der Waals surface area contributed by atoms with Gasteiger partial charge in [-0.15, -0.1) is 0 Å². The van der Waals surface area contributed by atoms with E-state index >= 15 is 0 Å². The van der Waals surface area contributed by atoms with Gasteiger partial charge in [-0.05, 0) is 17.7 Å². The van der Waals surface area contributed by atoms with Crippen LogP contribution in [0.5, 0.6) is 0 Å². The van der Waals surface area contributed by atoms with Crippen molar-refractivity contribution in [1.82, 2.24) is 0 Å². The van der Waals surface area contributed by atoms with Crippen molar-refractivity contribution in [3.8, 4) is 0 Å². The third-order valence-electron chi connectivity index (χ3n) is 2.53. The molecule has 0 aliphatic carbocycles. The summed E-state index contributed by atoms with van der Waals surface area (Å²) < 4.78 is 4.99. The summed E-state index contributed by atoms with van der Waals surface area (Å²) in [6.07, 6.45) is 0.106. The molecule has 0 fully saturated rings. The van der Waals surface area contributed by atoms with Gasteiger partial charge in [-0.3, -0.25) is 14.9 Å². The van der Waals surface area contributed by atoms with Crippen LogP contribution in [0.25, 0.3) is 0 Å². The zero-order chi connectivity index (χ0) is 15.2. The number of nitro groups is 1. The van der Waals surface area contributed by atoms with E-state index in [2.05, 4.69) is 0 Å². The number of nitrogens with zero attached hydrogens (tertiary/aromatic N) is 1. The average molecular weight is 324 g/mol. The van der Waals surface area contributed by atoms with Crippen LogP contribution in [-0.4, -0.2) is 10.9 Å². The molecule has 7 heteroatoms. The lowest BCUT2D eigenvalue weighted by molar-refractivity contribution is -0.387. The van der Waals surface area contributed by atoms with E-state index in [-0.39, 0.29) is 22.0 Å². The van der Waals surface area contributed by atoms with Crippen LogP contribution in [0.2, 0.25) is 5.02 Å². The largest absolute Gasteiger partial charge is 0.385 e. The molecule has 0 aliphatic heterocycles. The summed E-state index contributed by atoms with van der Waals surface area (Å²) in [7, 11) is 0. The van der Waals surface area contributed by atoms with E-state index in [1.165, 1.54) is 18.2 Å². The van der Waals surface area contributed by atoms with Crippen molar-refractivity contribution in [2.75, 3.05) is 0 Å². The molecule has 0 aliphatic rings. The molecular weight excluding hydrogens is 314 g/mol. The minimum Gasteiger partial charge on any atom is -0.385 e. The molecule has 0 atom stereocenters. The Labute approximate surface area is 130 Å². The molecule has 0 amide bonds. The van der Waals surface area contributed by atoms with Gasteiger partial charge in [0.25, 0.3) is 5.69 Å². The summed E-state index contributed by atoms with van der Waals surface area (Å²) in [6, 6.07) is 13.3. The van der Waals surface area contributed by atoms with Gasteiger partial charge >= 0.3 is 5.97 Å². The quantitative estimate of drug-likeness (QED) is 0.472. The Morgan fingerprint density at radius 1 is 1.24 bits per heavy atom. The highest BCUT2D eigenvalue weighted by atomic mass is 35.5. The van der Waals surface area contributed by atoms with Gasteiger partial charge in [0, 0.05) is 11.1 Å². The summed E-state index contributed by atoms with van der Waals surface area (Å²) in [5.74, 6) is -0.476. The van der Waals surface area contributed by atoms with Crippen molar-refractivity contribution < 1.29 is 13.9 Å². The second kappa shape index (κ2) is 7.10. The summed E-state index contributed by atoms with van der Waals surface area (Å²) in [5, 5.41) is 11.2. The van der Waals surface area contributed by atoms with Gasteiger partial charge in [-0.2, -0.15) is 0 Å². The molecule has 0 aromatic heterocycles. The normalized spacial score (nSPS) is 10.1. The third-order valence-corrected chi connectivity index (χ3v) is 3.56. The Bertz CT molecular complexity index is 663. The van der Waals surface area contributed by atoms with Crippen LogP contribution in [0.1, 0.15) is 5.56 Å². The van der Waals surface area contributed by atoms with E-state index in [9.17, 15) is 14.9 Å². The van der Waals surface area contributed by atoms with Crippen LogP contribution in [0, 0.1) is 10.1 Å². The molecule has 21 heavy (non-hydrogen) atoms. The monoisotopic (exact) mass is 323 g/mol. The first kappa shape index (κ1) is 15.3. The molecule has 0 N–H and O–H groups in total. The second-order valence-corrected chi connectivity index (χ2v) is 5.28. The minimum absolute atomic E-state index is 0.106. The van der Waals surface area contributed by atoms with E-state index < -0.39 is 10.9 Å². The lowest BCUT2D eigenvalue weighted by Gasteiger charge is -2.04. The van der Waals surface area contributed by atoms with Crippen LogP contribution in [-0.2, 0) is 15.4 Å². The van der Waals surface area contributed by atoms with Crippen molar-refractivity contribution in [3.05, 3.63) is 69.2 Å². The van der Waals surface area contributed by atoms with Gasteiger partial charge in [-0.1, -0.05) is 41.9 Å². The average Bonchev–Trinajstić information content (AvgIpc) is 2.47. The highest BCUT2D eigenvalue weighted by Crippen LogP contribution is 2.32. The standard InChI is InChI=1S/C14H10ClNO4S/c15-11-6-7-13(12(9-11)16(18)19)21-20-14(17)8-10-4-2-1-3-5-10/h1-7,9H,8H2. The summed E-state index contributed by atoms with van der Waals surface area (Å²) >= 11 is 6.37. The molecule has 2 aromatic rings. The molecule has 0 bridgehead atoms. The number of carbonyl (C=O) groups is 1. The van der Waals surface area contributed by atoms with Crippen molar-refractivity contribution in [3.63, 3.8) is 0 Å². The molecule has 0 unspecified atom stereocenters. The number of nitro benzene ring substituents is 1. The molecule has 0 saturated heterocycles. The zero-order valence-corrected chi connectivity index (χ0v) is 12.3. The topological polar surface area (TPSA) is 69.4 Å². The van der Waals surface area contributed by atoms with E-state index in [1.807, 2.05) is 18.2 Å². The van der Waals surface area contributed by atoms with Gasteiger partial charge < -0.3 is 4.18 Å². The number of rotatable bonds is 5. The highest BCUT2D eigenvalue weighted by Gasteiger charge is 2.17. The highest BCUT2D eigenvalue weighted by molar-refractivity contribution is 7.95. The molecule has 0 heterocycles. The number of halogens is 1. The van der Waals surface area contributed by atoms with E-state index in [1.54, 1.807) is 12.1 Å². The fraction of sp³-hybridized carbons (Fsp3) is 0.0714. The van der Waals surface area contributed by atoms with Crippen molar-refractivity contribution in [1.29, 1.82) is 0 Å². The molecular formula is C14H10ClNO4S. The van der Waals surface area contributed by atoms with Gasteiger partial charge in [0.05, 0.1) is 11.3 Å². The van der Waals surface area contributed by atoms with Crippen LogP contribution in [0.3, 0.4) is 0 Å². The summed E-state index contributed by atoms with van der Waals surface area (Å²) in [6.45, 7) is 0. The molecule has 0 saturated carbocycles. The van der Waals surface area contributed by atoms with Crippen LogP contribution in [0.15, 0.2) is 53.4 Å². The lowest BCUT2D eigenvalue weighted by Crippen LogP contribution is -2.03.